The molecule has 0 spiro atoms. The van der Waals surface area contributed by atoms with Crippen molar-refractivity contribution in [2.24, 2.45) is 5.92 Å². The molecule has 0 fully saturated rings. The molecule has 108 valence electrons. The van der Waals surface area contributed by atoms with Gasteiger partial charge < -0.3 is 10.1 Å². The fraction of sp³-hybridized carbons (Fsp3) is 0.412. The van der Waals surface area contributed by atoms with Crippen LogP contribution in [-0.4, -0.2) is 19.8 Å². The molecule has 0 aliphatic carbocycles. The first-order chi connectivity index (χ1) is 9.65. The van der Waals surface area contributed by atoms with Crippen molar-refractivity contribution in [2.45, 2.75) is 20.3 Å². The number of ether oxygens (including phenoxy) is 1. The van der Waals surface area contributed by atoms with Gasteiger partial charge in [-0.3, -0.25) is 0 Å². The second kappa shape index (κ2) is 7.65. The first-order valence-corrected chi connectivity index (χ1v) is 7.95. The number of anilines is 1. The zero-order valence-electron chi connectivity index (χ0n) is 12.2. The molecule has 0 atom stereocenters. The minimum atomic E-state index is 0.711. The molecule has 0 aliphatic heterocycles. The molecule has 0 radical (unpaired) electrons. The Morgan fingerprint density at radius 1 is 1.05 bits per heavy atom. The predicted molar refractivity (Wildman–Crippen MR) is 90.4 cm³/mol. The van der Waals surface area contributed by atoms with Gasteiger partial charge in [-0.05, 0) is 47.4 Å². The largest absolute Gasteiger partial charge is 0.383 e. The lowest BCUT2D eigenvalue weighted by Gasteiger charge is -2.09. The Morgan fingerprint density at radius 3 is 2.60 bits per heavy atom. The smallest absolute Gasteiger partial charge is 0.0639 e. The maximum absolute atomic E-state index is 5.60. The lowest BCUT2D eigenvalue weighted by Crippen LogP contribution is -2.10. The fourth-order valence-electron chi connectivity index (χ4n) is 2.02. The van der Waals surface area contributed by atoms with Crippen LogP contribution in [-0.2, 0) is 4.74 Å². The van der Waals surface area contributed by atoms with Gasteiger partial charge in [-0.25, -0.2) is 0 Å². The molecule has 0 saturated heterocycles. The molecule has 2 nitrogen and oxygen atoms in total. The summed E-state index contributed by atoms with van der Waals surface area (Å²) in [6.45, 7) is 6.89. The molecule has 0 aliphatic rings. The Morgan fingerprint density at radius 2 is 1.80 bits per heavy atom. The Hall–Kier alpha value is -1.06. The monoisotopic (exact) mass is 335 g/mol. The van der Waals surface area contributed by atoms with Crippen LogP contribution < -0.4 is 5.32 Å². The van der Waals surface area contributed by atoms with Gasteiger partial charge >= 0.3 is 0 Å². The summed E-state index contributed by atoms with van der Waals surface area (Å²) in [7, 11) is 0. The number of fused-ring (bicyclic) bond motifs is 1. The average Bonchev–Trinajstić information content (AvgIpc) is 2.42. The third kappa shape index (κ3) is 4.80. The fourth-order valence-corrected chi connectivity index (χ4v) is 2.39. The van der Waals surface area contributed by atoms with Gasteiger partial charge in [-0.1, -0.05) is 41.9 Å². The van der Waals surface area contributed by atoms with Crippen LogP contribution in [0, 0.1) is 5.92 Å². The van der Waals surface area contributed by atoms with Gasteiger partial charge in [0.05, 0.1) is 6.61 Å². The Labute approximate surface area is 129 Å². The van der Waals surface area contributed by atoms with Crippen LogP contribution in [0.25, 0.3) is 10.8 Å². The van der Waals surface area contributed by atoms with Crippen LogP contribution in [0.3, 0.4) is 0 Å². The standard InChI is InChI=1S/C17H22BrNO/c1-13(2)7-9-20-10-8-19-17-6-4-14-11-16(18)5-3-15(14)12-17/h3-6,11-13,19H,7-10H2,1-2H3. The van der Waals surface area contributed by atoms with E-state index in [1.807, 2.05) is 0 Å². The molecular weight excluding hydrogens is 314 g/mol. The average molecular weight is 336 g/mol. The molecule has 3 heteroatoms. The summed E-state index contributed by atoms with van der Waals surface area (Å²) < 4.78 is 6.72. The van der Waals surface area contributed by atoms with Crippen molar-refractivity contribution in [3.8, 4) is 0 Å². The van der Waals surface area contributed by atoms with E-state index in [-0.39, 0.29) is 0 Å². The van der Waals surface area contributed by atoms with E-state index >= 15 is 0 Å². The van der Waals surface area contributed by atoms with Crippen molar-refractivity contribution in [3.05, 3.63) is 40.9 Å². The van der Waals surface area contributed by atoms with Crippen molar-refractivity contribution in [3.63, 3.8) is 0 Å². The van der Waals surface area contributed by atoms with Crippen LogP contribution in [0.1, 0.15) is 20.3 Å². The molecule has 0 aromatic heterocycles. The molecule has 0 heterocycles. The molecule has 2 aromatic rings. The van der Waals surface area contributed by atoms with Crippen molar-refractivity contribution in [1.82, 2.24) is 0 Å². The number of rotatable bonds is 7. The van der Waals surface area contributed by atoms with Crippen LogP contribution in [0.4, 0.5) is 5.69 Å². The number of hydrogen-bond donors (Lipinski definition) is 1. The van der Waals surface area contributed by atoms with Crippen LogP contribution in [0.5, 0.6) is 0 Å². The number of hydrogen-bond acceptors (Lipinski definition) is 2. The predicted octanol–water partition coefficient (Wildman–Crippen LogP) is 5.08. The Kier molecular flexibility index (Phi) is 5.86. The highest BCUT2D eigenvalue weighted by atomic mass is 79.9. The maximum atomic E-state index is 5.60. The second-order valence-electron chi connectivity index (χ2n) is 5.43. The van der Waals surface area contributed by atoms with E-state index in [4.69, 9.17) is 4.74 Å². The SMILES string of the molecule is CC(C)CCOCCNc1ccc2cc(Br)ccc2c1. The van der Waals surface area contributed by atoms with Crippen LogP contribution in [0.15, 0.2) is 40.9 Å². The van der Waals surface area contributed by atoms with E-state index in [2.05, 4.69) is 71.5 Å². The van der Waals surface area contributed by atoms with Crippen LogP contribution >= 0.6 is 15.9 Å². The van der Waals surface area contributed by atoms with E-state index in [0.717, 1.165) is 36.3 Å². The molecule has 0 bridgehead atoms. The number of halogens is 1. The Balaban J connectivity index is 1.80. The molecule has 0 unspecified atom stereocenters. The van der Waals surface area contributed by atoms with Gasteiger partial charge in [-0.15, -0.1) is 0 Å². The van der Waals surface area contributed by atoms with E-state index < -0.39 is 0 Å². The van der Waals surface area contributed by atoms with Gasteiger partial charge in [0, 0.05) is 23.3 Å². The maximum Gasteiger partial charge on any atom is 0.0639 e. The van der Waals surface area contributed by atoms with Gasteiger partial charge in [0.15, 0.2) is 0 Å². The molecular formula is C17H22BrNO. The van der Waals surface area contributed by atoms with Gasteiger partial charge in [0.2, 0.25) is 0 Å². The number of nitrogens with one attached hydrogen (secondary N) is 1. The third-order valence-corrected chi connectivity index (χ3v) is 3.71. The third-order valence-electron chi connectivity index (χ3n) is 3.22. The summed E-state index contributed by atoms with van der Waals surface area (Å²) in [5, 5.41) is 5.90. The van der Waals surface area contributed by atoms with Crippen molar-refractivity contribution in [2.75, 3.05) is 25.1 Å². The van der Waals surface area contributed by atoms with Crippen molar-refractivity contribution >= 4 is 32.4 Å². The van der Waals surface area contributed by atoms with Crippen molar-refractivity contribution in [1.29, 1.82) is 0 Å². The summed E-state index contributed by atoms with van der Waals surface area (Å²) in [5.74, 6) is 0.711. The summed E-state index contributed by atoms with van der Waals surface area (Å²) in [4.78, 5) is 0. The lowest BCUT2D eigenvalue weighted by atomic mass is 10.1. The number of benzene rings is 2. The summed E-state index contributed by atoms with van der Waals surface area (Å²) in [6, 6.07) is 12.8. The van der Waals surface area contributed by atoms with Crippen molar-refractivity contribution < 1.29 is 4.74 Å². The minimum absolute atomic E-state index is 0.711. The molecule has 2 aromatic carbocycles. The minimum Gasteiger partial charge on any atom is -0.383 e. The molecule has 0 amide bonds. The highest BCUT2D eigenvalue weighted by molar-refractivity contribution is 9.10. The van der Waals surface area contributed by atoms with Gasteiger partial charge in [-0.2, -0.15) is 0 Å². The summed E-state index contributed by atoms with van der Waals surface area (Å²) in [6.07, 6.45) is 1.13. The van der Waals surface area contributed by atoms with Crippen LogP contribution in [0.2, 0.25) is 0 Å². The summed E-state index contributed by atoms with van der Waals surface area (Å²) >= 11 is 3.49. The Bertz CT molecular complexity index is 554. The lowest BCUT2D eigenvalue weighted by molar-refractivity contribution is 0.132. The second-order valence-corrected chi connectivity index (χ2v) is 6.34. The zero-order valence-corrected chi connectivity index (χ0v) is 13.7. The highest BCUT2D eigenvalue weighted by Gasteiger charge is 1.98. The molecule has 1 N–H and O–H groups in total. The quantitative estimate of drug-likeness (QED) is 0.712. The summed E-state index contributed by atoms with van der Waals surface area (Å²) in [5.41, 5.74) is 1.15. The molecule has 20 heavy (non-hydrogen) atoms. The van der Waals surface area contributed by atoms with Gasteiger partial charge in [0.1, 0.15) is 0 Å². The first kappa shape index (κ1) is 15.3. The molecule has 2 rings (SSSR count). The van der Waals surface area contributed by atoms with E-state index in [1.165, 1.54) is 10.8 Å². The molecule has 0 saturated carbocycles. The first-order valence-electron chi connectivity index (χ1n) is 7.16. The van der Waals surface area contributed by atoms with E-state index in [1.54, 1.807) is 0 Å². The van der Waals surface area contributed by atoms with E-state index in [0.29, 0.717) is 5.92 Å². The highest BCUT2D eigenvalue weighted by Crippen LogP contribution is 2.22. The normalized spacial score (nSPS) is 11.2. The van der Waals surface area contributed by atoms with Gasteiger partial charge in [0.25, 0.3) is 0 Å². The topological polar surface area (TPSA) is 21.3 Å². The van der Waals surface area contributed by atoms with E-state index in [9.17, 15) is 0 Å². The zero-order chi connectivity index (χ0) is 14.4.